The fourth-order valence-corrected chi connectivity index (χ4v) is 4.39. The zero-order valence-electron chi connectivity index (χ0n) is 19.7. The molecule has 0 spiro atoms. The Hall–Kier alpha value is -3.30. The summed E-state index contributed by atoms with van der Waals surface area (Å²) in [6, 6.07) is 15.4. The Labute approximate surface area is 204 Å². The molecule has 8 heteroatoms. The number of esters is 1. The minimum atomic E-state index is -3.25. The van der Waals surface area contributed by atoms with Crippen molar-refractivity contribution in [2.45, 2.75) is 44.9 Å². The Morgan fingerprint density at radius 2 is 1.77 bits per heavy atom. The van der Waals surface area contributed by atoms with E-state index in [9.17, 15) is 23.7 Å². The van der Waals surface area contributed by atoms with Gasteiger partial charge in [-0.05, 0) is 36.1 Å². The van der Waals surface area contributed by atoms with E-state index >= 15 is 0 Å². The minimum absolute atomic E-state index is 0.155. The first-order chi connectivity index (χ1) is 16.6. The Balaban J connectivity index is 2.16. The second kappa shape index (κ2) is 11.4. The number of hydrogen-bond acceptors (Lipinski definition) is 5. The molecule has 0 radical (unpaired) electrons. The molecule has 3 unspecified atom stereocenters. The number of hydrogen-bond donors (Lipinski definition) is 2. The molecule has 3 rings (SSSR count). The molecule has 0 aliphatic heterocycles. The maximum absolute atomic E-state index is 13.7. The smallest absolute Gasteiger partial charge is 0.313 e. The molecule has 1 aromatic heterocycles. The molecule has 2 aromatic carbocycles. The topological polar surface area (TPSA) is 96.7 Å². The normalized spacial score (nSPS) is 13.7. The van der Waals surface area contributed by atoms with Crippen molar-refractivity contribution in [1.82, 2.24) is 4.98 Å². The number of carbonyl (C=O) groups is 1. The maximum atomic E-state index is 13.7. The first-order valence-electron chi connectivity index (χ1n) is 11.1. The van der Waals surface area contributed by atoms with Crippen LogP contribution in [0.5, 0.6) is 5.75 Å². The van der Waals surface area contributed by atoms with Crippen molar-refractivity contribution >= 4 is 14.0 Å². The molecule has 0 saturated carbocycles. The molecule has 0 bridgehead atoms. The largest absolute Gasteiger partial charge is 0.424 e. The van der Waals surface area contributed by atoms with Gasteiger partial charge in [0.25, 0.3) is 0 Å². The molecular formula is C27H27FNO5P. The summed E-state index contributed by atoms with van der Waals surface area (Å²) >= 11 is 0. The summed E-state index contributed by atoms with van der Waals surface area (Å²) in [7, 11) is -3.25. The number of benzene rings is 2. The Kier molecular flexibility index (Phi) is 8.58. The average molecular weight is 495 g/mol. The van der Waals surface area contributed by atoms with E-state index in [1.54, 1.807) is 12.1 Å². The van der Waals surface area contributed by atoms with Crippen molar-refractivity contribution in [3.63, 3.8) is 0 Å². The standard InChI is InChI=1S/C27H27FNO5P/c1-5-22(35(32)33)21(30)15-23(31)34-27-24(18-11-13-20(28)14-12-18)17(4)26(29-25(27)16(2)3)19-9-7-6-8-10-19/h1,6-14,16,21-22,30,35H,15H2,2-4H3,(H,32,33). The molecule has 6 nitrogen and oxygen atoms in total. The van der Waals surface area contributed by atoms with Crippen LogP contribution in [0.2, 0.25) is 0 Å². The molecule has 3 aromatic rings. The summed E-state index contributed by atoms with van der Waals surface area (Å²) in [6.07, 6.45) is 3.11. The predicted molar refractivity (Wildman–Crippen MR) is 134 cm³/mol. The van der Waals surface area contributed by atoms with Crippen molar-refractivity contribution in [1.29, 1.82) is 0 Å². The number of rotatable bonds is 8. The molecule has 0 aliphatic rings. The molecule has 2 N–H and O–H groups in total. The average Bonchev–Trinajstić information content (AvgIpc) is 2.80. The van der Waals surface area contributed by atoms with E-state index in [4.69, 9.17) is 16.1 Å². The number of aliphatic hydroxyl groups is 1. The highest BCUT2D eigenvalue weighted by Crippen LogP contribution is 2.42. The van der Waals surface area contributed by atoms with Crippen LogP contribution in [-0.2, 0) is 9.36 Å². The molecule has 3 atom stereocenters. The summed E-state index contributed by atoms with van der Waals surface area (Å²) in [5, 5.41) is 10.2. The van der Waals surface area contributed by atoms with Gasteiger partial charge >= 0.3 is 5.97 Å². The SMILES string of the molecule is C#CC(C(O)CC(=O)Oc1c(C(C)C)nc(-c2ccccc2)c(C)c1-c1ccc(F)cc1)[PH](=O)O. The predicted octanol–water partition coefficient (Wildman–Crippen LogP) is 5.11. The van der Waals surface area contributed by atoms with Gasteiger partial charge in [-0.2, -0.15) is 0 Å². The van der Waals surface area contributed by atoms with Gasteiger partial charge in [-0.1, -0.05) is 62.2 Å². The lowest BCUT2D eigenvalue weighted by molar-refractivity contribution is -0.136. The van der Waals surface area contributed by atoms with Gasteiger partial charge in [-0.25, -0.2) is 9.37 Å². The number of ether oxygens (including phenoxy) is 1. The summed E-state index contributed by atoms with van der Waals surface area (Å²) < 4.78 is 30.9. The van der Waals surface area contributed by atoms with Crippen LogP contribution in [0.4, 0.5) is 4.39 Å². The van der Waals surface area contributed by atoms with Gasteiger partial charge < -0.3 is 14.7 Å². The van der Waals surface area contributed by atoms with Crippen LogP contribution in [0.3, 0.4) is 0 Å². The quantitative estimate of drug-likeness (QED) is 0.256. The molecule has 0 fully saturated rings. The zero-order chi connectivity index (χ0) is 25.7. The number of carbonyl (C=O) groups excluding carboxylic acids is 1. The Morgan fingerprint density at radius 3 is 2.31 bits per heavy atom. The lowest BCUT2D eigenvalue weighted by Gasteiger charge is -2.22. The first kappa shape index (κ1) is 26.3. The summed E-state index contributed by atoms with van der Waals surface area (Å²) in [5.41, 5.74) is 2.60. The number of nitrogens with zero attached hydrogens (tertiary/aromatic N) is 1. The second-order valence-electron chi connectivity index (χ2n) is 8.43. The van der Waals surface area contributed by atoms with Gasteiger partial charge in [0.1, 0.15) is 11.5 Å². The highest BCUT2D eigenvalue weighted by molar-refractivity contribution is 7.39. The van der Waals surface area contributed by atoms with E-state index in [2.05, 4.69) is 5.92 Å². The van der Waals surface area contributed by atoms with E-state index < -0.39 is 38.0 Å². The third-order valence-electron chi connectivity index (χ3n) is 5.57. The van der Waals surface area contributed by atoms with Crippen molar-refractivity contribution in [3.05, 3.63) is 71.7 Å². The Bertz CT molecular complexity index is 1270. The van der Waals surface area contributed by atoms with Gasteiger partial charge in [0.05, 0.1) is 23.9 Å². The summed E-state index contributed by atoms with van der Waals surface area (Å²) in [6.45, 7) is 5.65. The molecule has 0 saturated heterocycles. The molecule has 0 amide bonds. The van der Waals surface area contributed by atoms with Crippen LogP contribution in [0, 0.1) is 25.1 Å². The number of halogens is 1. The highest BCUT2D eigenvalue weighted by atomic mass is 31.1. The van der Waals surface area contributed by atoms with Crippen LogP contribution in [0.25, 0.3) is 22.4 Å². The van der Waals surface area contributed by atoms with Gasteiger partial charge in [0.2, 0.25) is 8.03 Å². The van der Waals surface area contributed by atoms with Gasteiger partial charge in [0.15, 0.2) is 5.75 Å². The van der Waals surface area contributed by atoms with E-state index in [0.717, 1.165) is 11.1 Å². The maximum Gasteiger partial charge on any atom is 0.313 e. The second-order valence-corrected chi connectivity index (χ2v) is 9.73. The molecule has 1 heterocycles. The Morgan fingerprint density at radius 1 is 1.14 bits per heavy atom. The van der Waals surface area contributed by atoms with Gasteiger partial charge in [-0.15, -0.1) is 6.42 Å². The summed E-state index contributed by atoms with van der Waals surface area (Å²) in [5.74, 6) is 0.847. The third-order valence-corrected chi connectivity index (χ3v) is 6.65. The lowest BCUT2D eigenvalue weighted by Crippen LogP contribution is -2.27. The number of pyridine rings is 1. The van der Waals surface area contributed by atoms with Crippen LogP contribution < -0.4 is 4.74 Å². The molecular weight excluding hydrogens is 468 g/mol. The monoisotopic (exact) mass is 495 g/mol. The van der Waals surface area contributed by atoms with Gasteiger partial charge in [0, 0.05) is 11.1 Å². The zero-order valence-corrected chi connectivity index (χ0v) is 20.7. The van der Waals surface area contributed by atoms with Crippen LogP contribution >= 0.6 is 8.03 Å². The van der Waals surface area contributed by atoms with Crippen LogP contribution in [-0.4, -0.2) is 32.7 Å². The molecule has 35 heavy (non-hydrogen) atoms. The fraction of sp³-hybridized carbons (Fsp3) is 0.259. The van der Waals surface area contributed by atoms with Gasteiger partial charge in [-0.3, -0.25) is 9.36 Å². The van der Waals surface area contributed by atoms with E-state index in [0.29, 0.717) is 22.5 Å². The van der Waals surface area contributed by atoms with Crippen LogP contribution in [0.15, 0.2) is 54.6 Å². The number of aromatic nitrogens is 1. The van der Waals surface area contributed by atoms with Crippen molar-refractivity contribution in [3.8, 4) is 40.5 Å². The van der Waals surface area contributed by atoms with Crippen molar-refractivity contribution in [2.75, 3.05) is 0 Å². The lowest BCUT2D eigenvalue weighted by atomic mass is 9.92. The minimum Gasteiger partial charge on any atom is -0.424 e. The summed E-state index contributed by atoms with van der Waals surface area (Å²) in [4.78, 5) is 27.0. The fourth-order valence-electron chi connectivity index (χ4n) is 3.80. The number of terminal acetylenes is 1. The van der Waals surface area contributed by atoms with Crippen molar-refractivity contribution < 1.29 is 28.5 Å². The highest BCUT2D eigenvalue weighted by Gasteiger charge is 2.28. The molecule has 0 aliphatic carbocycles. The molecule has 182 valence electrons. The number of aliphatic hydroxyl groups excluding tert-OH is 1. The van der Waals surface area contributed by atoms with Crippen LogP contribution in [0.1, 0.15) is 37.4 Å². The van der Waals surface area contributed by atoms with E-state index in [1.807, 2.05) is 51.1 Å². The van der Waals surface area contributed by atoms with E-state index in [1.165, 1.54) is 12.1 Å². The van der Waals surface area contributed by atoms with E-state index in [-0.39, 0.29) is 11.7 Å². The third kappa shape index (κ3) is 6.04. The van der Waals surface area contributed by atoms with Crippen molar-refractivity contribution in [2.24, 2.45) is 0 Å². The first-order valence-corrected chi connectivity index (χ1v) is 12.5.